The second kappa shape index (κ2) is 8.49. The zero-order valence-corrected chi connectivity index (χ0v) is 12.1. The quantitative estimate of drug-likeness (QED) is 0.665. The summed E-state index contributed by atoms with van der Waals surface area (Å²) in [5.41, 5.74) is 7.42. The largest absolute Gasteiger partial charge is 0.394 e. The summed E-state index contributed by atoms with van der Waals surface area (Å²) in [5, 5.41) is 25.0. The van der Waals surface area contributed by atoms with Crippen LogP contribution in [-0.4, -0.2) is 45.7 Å². The number of rotatable bonds is 4. The van der Waals surface area contributed by atoms with Crippen LogP contribution < -0.4 is 5.73 Å². The average molecular weight is 290 g/mol. The predicted octanol–water partition coefficient (Wildman–Crippen LogP) is 0.718. The summed E-state index contributed by atoms with van der Waals surface area (Å²) in [6.07, 6.45) is 1.81. The van der Waals surface area contributed by atoms with Crippen molar-refractivity contribution in [1.29, 1.82) is 0 Å². The highest BCUT2D eigenvalue weighted by molar-refractivity contribution is 5.58. The highest BCUT2D eigenvalue weighted by Crippen LogP contribution is 2.15. The van der Waals surface area contributed by atoms with E-state index >= 15 is 0 Å². The van der Waals surface area contributed by atoms with Gasteiger partial charge in [0.15, 0.2) is 0 Å². The lowest BCUT2D eigenvalue weighted by atomic mass is 10.1. The minimum absolute atomic E-state index is 0.403. The maximum absolute atomic E-state index is 8.34. The molecule has 0 aliphatic carbocycles. The molecular formula is C16H22N2O3. The van der Waals surface area contributed by atoms with Crippen LogP contribution in [0.4, 0.5) is 0 Å². The van der Waals surface area contributed by atoms with Crippen molar-refractivity contribution in [3.8, 4) is 11.3 Å². The molecule has 0 bridgehead atoms. The first-order valence-corrected chi connectivity index (χ1v) is 6.64. The van der Waals surface area contributed by atoms with Gasteiger partial charge in [-0.05, 0) is 19.1 Å². The first-order valence-electron chi connectivity index (χ1n) is 6.64. The van der Waals surface area contributed by atoms with Crippen molar-refractivity contribution >= 4 is 0 Å². The van der Waals surface area contributed by atoms with Crippen LogP contribution in [0, 0.1) is 6.92 Å². The van der Waals surface area contributed by atoms with Crippen molar-refractivity contribution in [1.82, 2.24) is 4.98 Å². The number of aromatic nitrogens is 1. The maximum atomic E-state index is 8.34. The predicted molar refractivity (Wildman–Crippen MR) is 82.6 cm³/mol. The van der Waals surface area contributed by atoms with E-state index in [1.54, 1.807) is 0 Å². The number of hydrogen-bond donors (Lipinski definition) is 4. The number of pyridine rings is 1. The van der Waals surface area contributed by atoms with E-state index in [2.05, 4.69) is 36.2 Å². The van der Waals surface area contributed by atoms with Gasteiger partial charge in [-0.1, -0.05) is 35.9 Å². The number of benzene rings is 1. The van der Waals surface area contributed by atoms with E-state index in [1.807, 2.05) is 24.4 Å². The Kier molecular flexibility index (Phi) is 6.98. The Morgan fingerprint density at radius 3 is 1.90 bits per heavy atom. The molecule has 5 nitrogen and oxygen atoms in total. The molecular weight excluding hydrogens is 268 g/mol. The highest BCUT2D eigenvalue weighted by atomic mass is 16.3. The van der Waals surface area contributed by atoms with Crippen molar-refractivity contribution in [2.75, 3.05) is 19.8 Å². The van der Waals surface area contributed by atoms with Crippen LogP contribution in [0.15, 0.2) is 48.7 Å². The Hall–Kier alpha value is -1.79. The van der Waals surface area contributed by atoms with Gasteiger partial charge in [0.05, 0.1) is 31.1 Å². The normalized spacial score (nSPS) is 10.7. The molecule has 0 unspecified atom stereocenters. The Morgan fingerprint density at radius 2 is 1.52 bits per heavy atom. The van der Waals surface area contributed by atoms with Crippen molar-refractivity contribution in [2.45, 2.75) is 12.5 Å². The molecule has 1 aromatic carbocycles. The van der Waals surface area contributed by atoms with Crippen molar-refractivity contribution < 1.29 is 15.3 Å². The van der Waals surface area contributed by atoms with E-state index in [4.69, 9.17) is 21.1 Å². The van der Waals surface area contributed by atoms with Crippen LogP contribution in [0.2, 0.25) is 0 Å². The number of hydrogen-bond acceptors (Lipinski definition) is 5. The molecule has 0 saturated carbocycles. The molecule has 1 heterocycles. The van der Waals surface area contributed by atoms with Crippen LogP contribution >= 0.6 is 0 Å². The van der Waals surface area contributed by atoms with Gasteiger partial charge >= 0.3 is 0 Å². The van der Waals surface area contributed by atoms with Crippen LogP contribution in [0.5, 0.6) is 0 Å². The first-order chi connectivity index (χ1) is 10.0. The van der Waals surface area contributed by atoms with Gasteiger partial charge in [-0.15, -0.1) is 0 Å². The Morgan fingerprint density at radius 1 is 0.952 bits per heavy atom. The Bertz CT molecular complexity index is 503. The summed E-state index contributed by atoms with van der Waals surface area (Å²) in [6.45, 7) is 0.877. The second-order valence-corrected chi connectivity index (χ2v) is 4.92. The number of aliphatic hydroxyl groups excluding tert-OH is 3. The van der Waals surface area contributed by atoms with Crippen LogP contribution in [0.3, 0.4) is 0 Å². The highest BCUT2D eigenvalue weighted by Gasteiger charge is 2.20. The molecule has 0 aliphatic heterocycles. The van der Waals surface area contributed by atoms with Gasteiger partial charge in [-0.25, -0.2) is 0 Å². The van der Waals surface area contributed by atoms with E-state index in [0.29, 0.717) is 0 Å². The standard InChI is InChI=1S/C12H11N.C4H11NO3/c1-10-5-7-11(8-6-10)12-4-2-3-9-13-12;5-4(1-6,2-7)3-8/h2-9H,1H3;6-8H,1-3,5H2. The topological polar surface area (TPSA) is 99.6 Å². The molecule has 5 heteroatoms. The molecule has 0 aliphatic rings. The summed E-state index contributed by atoms with van der Waals surface area (Å²) < 4.78 is 0. The molecule has 114 valence electrons. The number of nitrogens with two attached hydrogens (primary N) is 1. The Labute approximate surface area is 124 Å². The summed E-state index contributed by atoms with van der Waals surface area (Å²) in [5.74, 6) is 0. The number of nitrogens with zero attached hydrogens (tertiary/aromatic N) is 1. The van der Waals surface area contributed by atoms with Crippen molar-refractivity contribution in [3.63, 3.8) is 0 Å². The van der Waals surface area contributed by atoms with E-state index in [9.17, 15) is 0 Å². The lowest BCUT2D eigenvalue weighted by molar-refractivity contribution is 0.0698. The molecule has 0 atom stereocenters. The van der Waals surface area contributed by atoms with Crippen molar-refractivity contribution in [2.24, 2.45) is 5.73 Å². The van der Waals surface area contributed by atoms with Gasteiger partial charge in [0.1, 0.15) is 0 Å². The van der Waals surface area contributed by atoms with Crippen LogP contribution in [0.25, 0.3) is 11.3 Å². The smallest absolute Gasteiger partial charge is 0.0856 e. The SMILES string of the molecule is Cc1ccc(-c2ccccn2)cc1.NC(CO)(CO)CO. The van der Waals surface area contributed by atoms with Gasteiger partial charge in [-0.2, -0.15) is 0 Å². The summed E-state index contributed by atoms with van der Waals surface area (Å²) in [7, 11) is 0. The van der Waals surface area contributed by atoms with E-state index in [-0.39, 0.29) is 0 Å². The molecule has 0 spiro atoms. The van der Waals surface area contributed by atoms with Gasteiger partial charge < -0.3 is 21.1 Å². The fourth-order valence-corrected chi connectivity index (χ4v) is 1.41. The molecule has 0 saturated heterocycles. The molecule has 2 aromatic rings. The zero-order chi connectivity index (χ0) is 15.7. The maximum Gasteiger partial charge on any atom is 0.0856 e. The van der Waals surface area contributed by atoms with E-state index in [1.165, 1.54) is 11.1 Å². The molecule has 0 fully saturated rings. The zero-order valence-electron chi connectivity index (χ0n) is 12.1. The lowest BCUT2D eigenvalue weighted by Crippen LogP contribution is -2.50. The molecule has 1 aromatic heterocycles. The summed E-state index contributed by atoms with van der Waals surface area (Å²) in [6, 6.07) is 14.3. The van der Waals surface area contributed by atoms with Gasteiger partial charge in [0, 0.05) is 11.8 Å². The molecule has 0 radical (unpaired) electrons. The fourth-order valence-electron chi connectivity index (χ4n) is 1.41. The van der Waals surface area contributed by atoms with Gasteiger partial charge in [0.25, 0.3) is 0 Å². The molecule has 21 heavy (non-hydrogen) atoms. The first kappa shape index (κ1) is 17.3. The third kappa shape index (κ3) is 5.61. The third-order valence-corrected chi connectivity index (χ3v) is 2.96. The summed E-state index contributed by atoms with van der Waals surface area (Å²) in [4.78, 5) is 4.28. The number of aryl methyl sites for hydroxylation is 1. The van der Waals surface area contributed by atoms with Crippen molar-refractivity contribution in [3.05, 3.63) is 54.2 Å². The van der Waals surface area contributed by atoms with E-state index < -0.39 is 25.4 Å². The van der Waals surface area contributed by atoms with E-state index in [0.717, 1.165) is 5.69 Å². The fraction of sp³-hybridized carbons (Fsp3) is 0.312. The monoisotopic (exact) mass is 290 g/mol. The molecule has 2 rings (SSSR count). The second-order valence-electron chi connectivity index (χ2n) is 4.92. The van der Waals surface area contributed by atoms with Crippen LogP contribution in [0.1, 0.15) is 5.56 Å². The van der Waals surface area contributed by atoms with Crippen LogP contribution in [-0.2, 0) is 0 Å². The minimum Gasteiger partial charge on any atom is -0.394 e. The average Bonchev–Trinajstić information content (AvgIpc) is 2.56. The minimum atomic E-state index is -1.21. The number of aliphatic hydroxyl groups is 3. The third-order valence-electron chi connectivity index (χ3n) is 2.96. The van der Waals surface area contributed by atoms with Gasteiger partial charge in [-0.3, -0.25) is 4.98 Å². The van der Waals surface area contributed by atoms with Gasteiger partial charge in [0.2, 0.25) is 0 Å². The molecule has 5 N–H and O–H groups in total. The lowest BCUT2D eigenvalue weighted by Gasteiger charge is -2.20. The molecule has 0 amide bonds. The summed E-state index contributed by atoms with van der Waals surface area (Å²) >= 11 is 0. The Balaban J connectivity index is 0.000000240.